The van der Waals surface area contributed by atoms with Gasteiger partial charge in [0.25, 0.3) is 5.78 Å². The number of hydrogen-bond donors (Lipinski definition) is 2. The zero-order valence-corrected chi connectivity index (χ0v) is 11.1. The SMILES string of the molecule is O=[P+](O)C(c1ccccc1)N(O)Cc1ccccc1. The molecule has 0 spiro atoms. The van der Waals surface area contributed by atoms with Crippen molar-refractivity contribution in [3.8, 4) is 0 Å². The van der Waals surface area contributed by atoms with Crippen LogP contribution < -0.4 is 0 Å². The molecule has 0 saturated carbocycles. The number of hydroxylamine groups is 2. The standard InChI is InChI=1S/C14H14NO3P/c16-15(11-12-7-3-1-4-8-12)14(19(17)18)13-9-5-2-6-10-13/h1-10,14,16H,11H2/p+1. The molecule has 0 amide bonds. The van der Waals surface area contributed by atoms with E-state index in [1.165, 1.54) is 0 Å². The fraction of sp³-hybridized carbons (Fsp3) is 0.143. The molecule has 2 aromatic carbocycles. The normalized spacial score (nSPS) is 13.3. The second-order valence-electron chi connectivity index (χ2n) is 4.17. The summed E-state index contributed by atoms with van der Waals surface area (Å²) in [5.74, 6) is -0.920. The molecule has 0 aromatic heterocycles. The highest BCUT2D eigenvalue weighted by Gasteiger charge is 2.36. The minimum Gasteiger partial charge on any atom is -0.309 e. The molecule has 2 atom stereocenters. The van der Waals surface area contributed by atoms with Crippen LogP contribution in [-0.2, 0) is 11.1 Å². The van der Waals surface area contributed by atoms with Crippen molar-refractivity contribution < 1.29 is 14.7 Å². The molecule has 19 heavy (non-hydrogen) atoms. The molecular formula is C14H15NO3P+. The quantitative estimate of drug-likeness (QED) is 0.649. The maximum Gasteiger partial charge on any atom is 0.532 e. The van der Waals surface area contributed by atoms with E-state index in [-0.39, 0.29) is 6.54 Å². The van der Waals surface area contributed by atoms with E-state index in [2.05, 4.69) is 0 Å². The van der Waals surface area contributed by atoms with Crippen LogP contribution in [0.15, 0.2) is 60.7 Å². The lowest BCUT2D eigenvalue weighted by molar-refractivity contribution is -0.115. The second kappa shape index (κ2) is 6.55. The monoisotopic (exact) mass is 276 g/mol. The molecule has 0 aliphatic heterocycles. The van der Waals surface area contributed by atoms with Crippen molar-refractivity contribution >= 4 is 8.03 Å². The first kappa shape index (κ1) is 13.8. The third-order valence-corrected chi connectivity index (χ3v) is 3.76. The molecule has 2 N–H and O–H groups in total. The highest BCUT2D eigenvalue weighted by molar-refractivity contribution is 7.38. The van der Waals surface area contributed by atoms with Gasteiger partial charge in [-0.25, -0.2) is 0 Å². The summed E-state index contributed by atoms with van der Waals surface area (Å²) >= 11 is 0. The minimum absolute atomic E-state index is 0.196. The molecule has 0 radical (unpaired) electrons. The number of rotatable bonds is 5. The van der Waals surface area contributed by atoms with Gasteiger partial charge in [-0.1, -0.05) is 60.7 Å². The maximum absolute atomic E-state index is 11.5. The van der Waals surface area contributed by atoms with E-state index in [9.17, 15) is 14.7 Å². The van der Waals surface area contributed by atoms with Crippen molar-refractivity contribution in [3.05, 3.63) is 71.8 Å². The van der Waals surface area contributed by atoms with Crippen LogP contribution >= 0.6 is 8.03 Å². The molecule has 2 unspecified atom stereocenters. The average molecular weight is 276 g/mol. The number of nitrogens with zero attached hydrogens (tertiary/aromatic N) is 1. The first-order valence-electron chi connectivity index (χ1n) is 5.88. The van der Waals surface area contributed by atoms with Crippen molar-refractivity contribution in [2.24, 2.45) is 0 Å². The average Bonchev–Trinajstić information content (AvgIpc) is 2.40. The van der Waals surface area contributed by atoms with Gasteiger partial charge in [0.05, 0.1) is 6.54 Å². The van der Waals surface area contributed by atoms with Crippen LogP contribution in [0.5, 0.6) is 0 Å². The Morgan fingerprint density at radius 1 is 1.00 bits per heavy atom. The summed E-state index contributed by atoms with van der Waals surface area (Å²) in [6, 6.07) is 18.1. The van der Waals surface area contributed by atoms with Crippen molar-refractivity contribution in [1.29, 1.82) is 0 Å². The van der Waals surface area contributed by atoms with Gasteiger partial charge in [0, 0.05) is 5.56 Å². The summed E-state index contributed by atoms with van der Waals surface area (Å²) in [5.41, 5.74) is 1.49. The van der Waals surface area contributed by atoms with Crippen LogP contribution in [0.25, 0.3) is 0 Å². The summed E-state index contributed by atoms with van der Waals surface area (Å²) < 4.78 is 11.5. The van der Waals surface area contributed by atoms with Crippen LogP contribution in [-0.4, -0.2) is 15.2 Å². The van der Waals surface area contributed by atoms with Crippen molar-refractivity contribution in [3.63, 3.8) is 0 Å². The van der Waals surface area contributed by atoms with Crippen LogP contribution in [0.2, 0.25) is 0 Å². The zero-order valence-electron chi connectivity index (χ0n) is 10.3. The van der Waals surface area contributed by atoms with Gasteiger partial charge >= 0.3 is 8.03 Å². The van der Waals surface area contributed by atoms with E-state index >= 15 is 0 Å². The fourth-order valence-electron chi connectivity index (χ4n) is 1.90. The largest absolute Gasteiger partial charge is 0.532 e. The molecule has 0 fully saturated rings. The van der Waals surface area contributed by atoms with Gasteiger partial charge in [-0.15, -0.1) is 5.06 Å². The topological polar surface area (TPSA) is 60.8 Å². The van der Waals surface area contributed by atoms with Crippen molar-refractivity contribution in [2.75, 3.05) is 0 Å². The molecule has 98 valence electrons. The Kier molecular flexibility index (Phi) is 4.77. The van der Waals surface area contributed by atoms with Crippen LogP contribution in [0.4, 0.5) is 0 Å². The molecule has 2 aromatic rings. The Hall–Kier alpha value is -1.58. The Bertz CT molecular complexity index is 533. The predicted octanol–water partition coefficient (Wildman–Crippen LogP) is 3.31. The highest BCUT2D eigenvalue weighted by Crippen LogP contribution is 2.40. The molecule has 0 saturated heterocycles. The Morgan fingerprint density at radius 2 is 1.53 bits per heavy atom. The van der Waals surface area contributed by atoms with Gasteiger partial charge in [0.1, 0.15) is 0 Å². The second-order valence-corrected chi connectivity index (χ2v) is 5.26. The summed E-state index contributed by atoms with van der Waals surface area (Å²) in [6.45, 7) is 0.196. The van der Waals surface area contributed by atoms with Gasteiger partial charge < -0.3 is 5.21 Å². The molecule has 2 rings (SSSR count). The van der Waals surface area contributed by atoms with Crippen molar-refractivity contribution in [2.45, 2.75) is 12.3 Å². The van der Waals surface area contributed by atoms with E-state index in [4.69, 9.17) is 0 Å². The highest BCUT2D eigenvalue weighted by atomic mass is 31.1. The van der Waals surface area contributed by atoms with Crippen LogP contribution in [0.1, 0.15) is 16.9 Å². The Balaban J connectivity index is 2.18. The Labute approximate surface area is 112 Å². The first-order chi connectivity index (χ1) is 9.18. The number of benzene rings is 2. The molecule has 0 heterocycles. The van der Waals surface area contributed by atoms with E-state index in [1.807, 2.05) is 36.4 Å². The third-order valence-electron chi connectivity index (χ3n) is 2.78. The maximum atomic E-state index is 11.5. The third kappa shape index (κ3) is 3.69. The molecule has 0 aliphatic carbocycles. The van der Waals surface area contributed by atoms with Gasteiger partial charge in [-0.05, 0) is 10.1 Å². The lowest BCUT2D eigenvalue weighted by Gasteiger charge is -2.17. The van der Waals surface area contributed by atoms with E-state index in [0.29, 0.717) is 5.56 Å². The molecule has 0 aliphatic rings. The molecule has 0 bridgehead atoms. The Morgan fingerprint density at radius 3 is 2.05 bits per heavy atom. The zero-order chi connectivity index (χ0) is 13.7. The van der Waals surface area contributed by atoms with Crippen LogP contribution in [0.3, 0.4) is 0 Å². The summed E-state index contributed by atoms with van der Waals surface area (Å²) in [5, 5.41) is 11.0. The van der Waals surface area contributed by atoms with Gasteiger partial charge in [-0.2, -0.15) is 4.89 Å². The first-order valence-corrected chi connectivity index (χ1v) is 7.16. The minimum atomic E-state index is -2.55. The fourth-order valence-corrected chi connectivity index (χ4v) is 2.63. The number of hydrogen-bond acceptors (Lipinski definition) is 3. The lowest BCUT2D eigenvalue weighted by Crippen LogP contribution is -2.22. The van der Waals surface area contributed by atoms with Gasteiger partial charge in [0.2, 0.25) is 0 Å². The van der Waals surface area contributed by atoms with Crippen molar-refractivity contribution in [1.82, 2.24) is 5.06 Å². The smallest absolute Gasteiger partial charge is 0.309 e. The molecular weight excluding hydrogens is 261 g/mol. The summed E-state index contributed by atoms with van der Waals surface area (Å²) in [6.07, 6.45) is 0. The summed E-state index contributed by atoms with van der Waals surface area (Å²) in [4.78, 5) is 9.42. The molecule has 4 nitrogen and oxygen atoms in total. The van der Waals surface area contributed by atoms with Crippen LogP contribution in [0, 0.1) is 0 Å². The van der Waals surface area contributed by atoms with E-state index in [1.54, 1.807) is 24.3 Å². The molecule has 5 heteroatoms. The van der Waals surface area contributed by atoms with E-state index in [0.717, 1.165) is 10.6 Å². The summed E-state index contributed by atoms with van der Waals surface area (Å²) in [7, 11) is -2.55. The van der Waals surface area contributed by atoms with E-state index < -0.39 is 13.8 Å². The van der Waals surface area contributed by atoms with Gasteiger partial charge in [-0.3, -0.25) is 0 Å². The lowest BCUT2D eigenvalue weighted by atomic mass is 10.2. The predicted molar refractivity (Wildman–Crippen MR) is 72.8 cm³/mol. The van der Waals surface area contributed by atoms with Gasteiger partial charge in [0.15, 0.2) is 0 Å².